The van der Waals surface area contributed by atoms with Gasteiger partial charge in [-0.2, -0.15) is 13.2 Å². The molecule has 0 bridgehead atoms. The Hall–Kier alpha value is -2.52. The van der Waals surface area contributed by atoms with Crippen LogP contribution in [-0.2, 0) is 11.0 Å². The molecule has 7 nitrogen and oxygen atoms in total. The van der Waals surface area contributed by atoms with Gasteiger partial charge in [0.25, 0.3) is 0 Å². The Morgan fingerprint density at radius 2 is 1.97 bits per heavy atom. The Morgan fingerprint density at radius 1 is 1.28 bits per heavy atom. The number of aromatic nitrogens is 1. The second-order valence-corrected chi connectivity index (χ2v) is 7.27. The van der Waals surface area contributed by atoms with Crippen molar-refractivity contribution >= 4 is 11.9 Å². The highest BCUT2D eigenvalue weighted by Gasteiger charge is 2.42. The van der Waals surface area contributed by atoms with Gasteiger partial charge in [0.1, 0.15) is 6.61 Å². The van der Waals surface area contributed by atoms with Crippen LogP contribution in [0.1, 0.15) is 31.2 Å². The van der Waals surface area contributed by atoms with Crippen LogP contribution in [0.2, 0.25) is 0 Å². The Kier molecular flexibility index (Phi) is 7.69. The Labute approximate surface area is 168 Å². The molecule has 1 aromatic rings. The molecule has 162 valence electrons. The highest BCUT2D eigenvalue weighted by Crippen LogP contribution is 2.38. The van der Waals surface area contributed by atoms with E-state index in [-0.39, 0.29) is 18.4 Å². The summed E-state index contributed by atoms with van der Waals surface area (Å²) < 4.78 is 42.9. The van der Waals surface area contributed by atoms with Crippen LogP contribution >= 0.6 is 0 Å². The van der Waals surface area contributed by atoms with Crippen molar-refractivity contribution in [1.82, 2.24) is 20.5 Å². The van der Waals surface area contributed by atoms with E-state index in [2.05, 4.69) is 20.6 Å². The van der Waals surface area contributed by atoms with Gasteiger partial charge >= 0.3 is 6.18 Å². The topological polar surface area (TPSA) is 78.9 Å². The van der Waals surface area contributed by atoms with E-state index in [9.17, 15) is 18.0 Å². The fourth-order valence-corrected chi connectivity index (χ4v) is 3.42. The zero-order valence-corrected chi connectivity index (χ0v) is 17.0. The largest absolute Gasteiger partial charge is 0.476 e. The molecule has 1 heterocycles. The Bertz CT molecular complexity index is 699. The molecule has 0 radical (unpaired) electrons. The van der Waals surface area contributed by atoms with Gasteiger partial charge in [-0.1, -0.05) is 12.8 Å². The maximum Gasteiger partial charge on any atom is 0.417 e. The van der Waals surface area contributed by atoms with Crippen LogP contribution in [0, 0.1) is 5.41 Å². The van der Waals surface area contributed by atoms with Gasteiger partial charge in [-0.3, -0.25) is 9.79 Å². The van der Waals surface area contributed by atoms with Crippen LogP contribution < -0.4 is 15.4 Å². The van der Waals surface area contributed by atoms with E-state index in [1.165, 1.54) is 6.07 Å². The van der Waals surface area contributed by atoms with E-state index in [1.54, 1.807) is 26.0 Å². The van der Waals surface area contributed by atoms with E-state index in [4.69, 9.17) is 4.74 Å². The summed E-state index contributed by atoms with van der Waals surface area (Å²) in [7, 11) is 5.16. The van der Waals surface area contributed by atoms with Crippen molar-refractivity contribution in [1.29, 1.82) is 0 Å². The molecule has 0 aliphatic heterocycles. The average Bonchev–Trinajstić information content (AvgIpc) is 3.16. The van der Waals surface area contributed by atoms with Crippen LogP contribution in [0.15, 0.2) is 23.3 Å². The van der Waals surface area contributed by atoms with Crippen LogP contribution in [0.5, 0.6) is 5.88 Å². The fraction of sp³-hybridized carbons (Fsp3) is 0.632. The van der Waals surface area contributed by atoms with Gasteiger partial charge < -0.3 is 20.3 Å². The summed E-state index contributed by atoms with van der Waals surface area (Å²) in [5.74, 6) is 0.769. The van der Waals surface area contributed by atoms with Gasteiger partial charge in [-0.05, 0) is 18.9 Å². The van der Waals surface area contributed by atoms with Gasteiger partial charge in [0.2, 0.25) is 11.8 Å². The van der Waals surface area contributed by atoms with Crippen molar-refractivity contribution in [2.24, 2.45) is 10.4 Å². The van der Waals surface area contributed by atoms with Gasteiger partial charge in [0, 0.05) is 40.0 Å². The molecule has 0 atom stereocenters. The predicted molar refractivity (Wildman–Crippen MR) is 104 cm³/mol. The van der Waals surface area contributed by atoms with E-state index >= 15 is 0 Å². The van der Waals surface area contributed by atoms with Gasteiger partial charge in [0.05, 0.1) is 17.5 Å². The minimum atomic E-state index is -4.42. The smallest absolute Gasteiger partial charge is 0.417 e. The van der Waals surface area contributed by atoms with Crippen molar-refractivity contribution < 1.29 is 22.7 Å². The number of halogens is 3. The first-order valence-corrected chi connectivity index (χ1v) is 9.50. The van der Waals surface area contributed by atoms with Gasteiger partial charge in [0.15, 0.2) is 5.96 Å². The second kappa shape index (κ2) is 9.80. The molecule has 1 aliphatic carbocycles. The number of nitrogens with zero attached hydrogens (tertiary/aromatic N) is 3. The van der Waals surface area contributed by atoms with Crippen molar-refractivity contribution in [3.63, 3.8) is 0 Å². The maximum atomic E-state index is 12.6. The van der Waals surface area contributed by atoms with E-state index in [1.807, 2.05) is 0 Å². The number of amides is 1. The number of aliphatic imine (C=N–C) groups is 1. The molecule has 10 heteroatoms. The lowest BCUT2D eigenvalue weighted by Gasteiger charge is -2.31. The number of hydrogen-bond acceptors (Lipinski definition) is 4. The van der Waals surface area contributed by atoms with Crippen LogP contribution in [0.25, 0.3) is 0 Å². The molecule has 2 N–H and O–H groups in total. The zero-order chi connectivity index (χ0) is 21.5. The highest BCUT2D eigenvalue weighted by molar-refractivity contribution is 5.85. The lowest BCUT2D eigenvalue weighted by atomic mass is 9.84. The number of rotatable bonds is 7. The van der Waals surface area contributed by atoms with Crippen LogP contribution in [-0.4, -0.2) is 62.6 Å². The lowest BCUT2D eigenvalue weighted by molar-refractivity contribution is -0.139. The van der Waals surface area contributed by atoms with E-state index < -0.39 is 17.2 Å². The number of pyridine rings is 1. The molecule has 1 aliphatic rings. The average molecular weight is 415 g/mol. The van der Waals surface area contributed by atoms with Crippen molar-refractivity contribution in [2.75, 3.05) is 40.8 Å². The van der Waals surface area contributed by atoms with E-state index in [0.29, 0.717) is 19.0 Å². The summed E-state index contributed by atoms with van der Waals surface area (Å²) in [5.41, 5.74) is -1.23. The summed E-state index contributed by atoms with van der Waals surface area (Å²) in [4.78, 5) is 22.0. The Balaban J connectivity index is 1.78. The number of alkyl halides is 3. The van der Waals surface area contributed by atoms with Gasteiger partial charge in [-0.25, -0.2) is 4.98 Å². The molecule has 0 saturated heterocycles. The number of ether oxygens (including phenoxy) is 1. The standard InChI is InChI=1S/C19H28F3N5O2/c1-23-17(26-13-18(8-4-5-9-18)16(28)27(2)3)24-10-11-29-15-7-6-14(12-25-15)19(20,21)22/h6-7,12H,4-5,8-11,13H2,1-3H3,(H2,23,24,26). The predicted octanol–water partition coefficient (Wildman–Crippen LogP) is 2.29. The number of nitrogens with one attached hydrogen (secondary N) is 2. The SMILES string of the molecule is CN=C(NCCOc1ccc(C(F)(F)F)cn1)NCC1(C(=O)N(C)C)CCCC1. The van der Waals surface area contributed by atoms with Crippen molar-refractivity contribution in [2.45, 2.75) is 31.9 Å². The molecule has 1 amide bonds. The first kappa shape index (κ1) is 22.8. The van der Waals surface area contributed by atoms with Crippen molar-refractivity contribution in [3.05, 3.63) is 23.9 Å². The minimum Gasteiger partial charge on any atom is -0.476 e. The third-order valence-corrected chi connectivity index (χ3v) is 4.95. The molecule has 0 spiro atoms. The van der Waals surface area contributed by atoms with Crippen LogP contribution in [0.4, 0.5) is 13.2 Å². The third kappa shape index (κ3) is 6.23. The summed E-state index contributed by atoms with van der Waals surface area (Å²) >= 11 is 0. The Morgan fingerprint density at radius 3 is 2.48 bits per heavy atom. The number of carbonyl (C=O) groups is 1. The first-order valence-electron chi connectivity index (χ1n) is 9.50. The summed E-state index contributed by atoms with van der Waals surface area (Å²) in [5, 5.41) is 6.27. The molecule has 2 rings (SSSR count). The molecule has 29 heavy (non-hydrogen) atoms. The second-order valence-electron chi connectivity index (χ2n) is 7.27. The molecular weight excluding hydrogens is 387 g/mol. The first-order chi connectivity index (χ1) is 13.7. The third-order valence-electron chi connectivity index (χ3n) is 4.95. The normalized spacial score (nSPS) is 16.4. The quantitative estimate of drug-likeness (QED) is 0.406. The minimum absolute atomic E-state index is 0.115. The summed E-state index contributed by atoms with van der Waals surface area (Å²) in [6, 6.07) is 2.12. The summed E-state index contributed by atoms with van der Waals surface area (Å²) in [6.07, 6.45) is 0.0673. The molecule has 0 unspecified atom stereocenters. The summed E-state index contributed by atoms with van der Waals surface area (Å²) in [6.45, 7) is 1.06. The molecule has 1 aromatic heterocycles. The van der Waals surface area contributed by atoms with Crippen LogP contribution in [0.3, 0.4) is 0 Å². The van der Waals surface area contributed by atoms with E-state index in [0.717, 1.165) is 37.9 Å². The molecule has 0 aromatic carbocycles. The lowest BCUT2D eigenvalue weighted by Crippen LogP contribution is -2.49. The number of carbonyl (C=O) groups excluding carboxylic acids is 1. The molecular formula is C19H28F3N5O2. The van der Waals surface area contributed by atoms with Crippen molar-refractivity contribution in [3.8, 4) is 5.88 Å². The number of guanidine groups is 1. The molecule has 1 saturated carbocycles. The zero-order valence-electron chi connectivity index (χ0n) is 17.0. The maximum absolute atomic E-state index is 12.6. The molecule has 1 fully saturated rings. The highest BCUT2D eigenvalue weighted by atomic mass is 19.4. The fourth-order valence-electron chi connectivity index (χ4n) is 3.42. The van der Waals surface area contributed by atoms with Gasteiger partial charge in [-0.15, -0.1) is 0 Å². The monoisotopic (exact) mass is 415 g/mol. The number of hydrogen-bond donors (Lipinski definition) is 2.